The number of allylic oxidation sites excluding steroid dienone is 1. The van der Waals surface area contributed by atoms with Crippen molar-refractivity contribution in [3.05, 3.63) is 11.6 Å². The van der Waals surface area contributed by atoms with E-state index >= 15 is 0 Å². The van der Waals surface area contributed by atoms with Gasteiger partial charge in [0.25, 0.3) is 0 Å². The van der Waals surface area contributed by atoms with Crippen LogP contribution in [-0.4, -0.2) is 36.5 Å². The van der Waals surface area contributed by atoms with Crippen LogP contribution in [0.15, 0.2) is 11.6 Å². The molecule has 2 aliphatic rings. The van der Waals surface area contributed by atoms with E-state index in [9.17, 15) is 9.59 Å². The van der Waals surface area contributed by atoms with Gasteiger partial charge in [-0.2, -0.15) is 0 Å². The van der Waals surface area contributed by atoms with Crippen LogP contribution in [0.2, 0.25) is 0 Å². The maximum absolute atomic E-state index is 12.3. The lowest BCUT2D eigenvalue weighted by molar-refractivity contribution is -0.151. The maximum Gasteiger partial charge on any atom is 0.310 e. The van der Waals surface area contributed by atoms with Crippen LogP contribution in [-0.2, 0) is 14.3 Å². The Morgan fingerprint density at radius 1 is 1.35 bits per heavy atom. The van der Waals surface area contributed by atoms with E-state index in [0.717, 1.165) is 32.2 Å². The number of ether oxygens (including phenoxy) is 1. The van der Waals surface area contributed by atoms with Crippen molar-refractivity contribution < 1.29 is 14.3 Å². The lowest BCUT2D eigenvalue weighted by Crippen LogP contribution is -2.42. The minimum Gasteiger partial charge on any atom is -0.466 e. The fourth-order valence-electron chi connectivity index (χ4n) is 3.03. The molecule has 0 spiro atoms. The maximum atomic E-state index is 12.3. The highest BCUT2D eigenvalue weighted by atomic mass is 16.5. The van der Waals surface area contributed by atoms with Crippen molar-refractivity contribution in [2.75, 3.05) is 19.7 Å². The molecule has 1 atom stereocenters. The molecular formula is C16H25NO3. The monoisotopic (exact) mass is 279 g/mol. The number of hydrogen-bond donors (Lipinski definition) is 0. The topological polar surface area (TPSA) is 46.6 Å². The first-order valence-corrected chi connectivity index (χ1v) is 7.83. The molecule has 0 N–H and O–H groups in total. The van der Waals surface area contributed by atoms with Gasteiger partial charge in [0.15, 0.2) is 0 Å². The highest BCUT2D eigenvalue weighted by molar-refractivity contribution is 5.80. The van der Waals surface area contributed by atoms with Crippen LogP contribution in [0, 0.1) is 5.92 Å². The number of nitrogens with zero attached hydrogens (tertiary/aromatic N) is 1. The van der Waals surface area contributed by atoms with Crippen molar-refractivity contribution in [1.82, 2.24) is 4.90 Å². The van der Waals surface area contributed by atoms with E-state index in [0.29, 0.717) is 19.6 Å². The van der Waals surface area contributed by atoms with E-state index in [2.05, 4.69) is 6.08 Å². The standard InChI is InChI=1S/C16H25NO3/c1-2-20-16(19)14-9-6-10-17(12-14)15(18)11-13-7-4-3-5-8-13/h7,14H,2-6,8-12H2,1H3/t14-/m0/s1. The predicted octanol–water partition coefficient (Wildman–Crippen LogP) is 2.68. The van der Waals surface area contributed by atoms with Gasteiger partial charge in [0.1, 0.15) is 0 Å². The average Bonchev–Trinajstić information content (AvgIpc) is 2.48. The second-order valence-corrected chi connectivity index (χ2v) is 5.72. The number of carbonyl (C=O) groups is 2. The highest BCUT2D eigenvalue weighted by Crippen LogP contribution is 2.23. The van der Waals surface area contributed by atoms with Crippen molar-refractivity contribution in [3.63, 3.8) is 0 Å². The Balaban J connectivity index is 1.86. The van der Waals surface area contributed by atoms with Crippen molar-refractivity contribution in [1.29, 1.82) is 0 Å². The summed E-state index contributed by atoms with van der Waals surface area (Å²) in [7, 11) is 0. The third kappa shape index (κ3) is 4.09. The smallest absolute Gasteiger partial charge is 0.310 e. The summed E-state index contributed by atoms with van der Waals surface area (Å²) in [6, 6.07) is 0. The first-order valence-electron chi connectivity index (χ1n) is 7.83. The number of esters is 1. The van der Waals surface area contributed by atoms with Crippen LogP contribution in [0.3, 0.4) is 0 Å². The van der Waals surface area contributed by atoms with Crippen molar-refractivity contribution in [2.24, 2.45) is 5.92 Å². The van der Waals surface area contributed by atoms with Crippen molar-refractivity contribution >= 4 is 11.9 Å². The van der Waals surface area contributed by atoms with Crippen LogP contribution in [0.25, 0.3) is 0 Å². The van der Waals surface area contributed by atoms with Crippen molar-refractivity contribution in [3.8, 4) is 0 Å². The second-order valence-electron chi connectivity index (χ2n) is 5.72. The predicted molar refractivity (Wildman–Crippen MR) is 77.1 cm³/mol. The molecule has 0 radical (unpaired) electrons. The van der Waals surface area contributed by atoms with Gasteiger partial charge in [0.2, 0.25) is 5.91 Å². The summed E-state index contributed by atoms with van der Waals surface area (Å²) in [5, 5.41) is 0. The fourth-order valence-corrected chi connectivity index (χ4v) is 3.03. The van der Waals surface area contributed by atoms with E-state index in [1.807, 2.05) is 11.8 Å². The Labute approximate surface area is 121 Å². The summed E-state index contributed by atoms with van der Waals surface area (Å²) >= 11 is 0. The minimum atomic E-state index is -0.151. The largest absolute Gasteiger partial charge is 0.466 e. The first kappa shape index (κ1) is 15.1. The first-order chi connectivity index (χ1) is 9.70. The molecule has 0 saturated carbocycles. The highest BCUT2D eigenvalue weighted by Gasteiger charge is 2.29. The number of carbonyl (C=O) groups excluding carboxylic acids is 2. The van der Waals surface area contributed by atoms with Gasteiger partial charge in [-0.05, 0) is 45.4 Å². The molecule has 20 heavy (non-hydrogen) atoms. The zero-order valence-electron chi connectivity index (χ0n) is 12.4. The average molecular weight is 279 g/mol. The lowest BCUT2D eigenvalue weighted by atomic mass is 9.95. The Hall–Kier alpha value is -1.32. The van der Waals surface area contributed by atoms with E-state index < -0.39 is 0 Å². The van der Waals surface area contributed by atoms with Gasteiger partial charge in [0, 0.05) is 19.5 Å². The molecule has 4 nitrogen and oxygen atoms in total. The molecule has 1 saturated heterocycles. The van der Waals surface area contributed by atoms with Crippen LogP contribution >= 0.6 is 0 Å². The molecule has 1 aliphatic carbocycles. The van der Waals surface area contributed by atoms with Crippen molar-refractivity contribution in [2.45, 2.75) is 51.9 Å². The Morgan fingerprint density at radius 2 is 2.20 bits per heavy atom. The number of hydrogen-bond acceptors (Lipinski definition) is 3. The van der Waals surface area contributed by atoms with Gasteiger partial charge in [-0.25, -0.2) is 0 Å². The molecule has 0 bridgehead atoms. The molecule has 1 amide bonds. The van der Waals surface area contributed by atoms with E-state index in [4.69, 9.17) is 4.74 Å². The molecule has 0 aromatic carbocycles. The van der Waals surface area contributed by atoms with Crippen LogP contribution in [0.1, 0.15) is 51.9 Å². The van der Waals surface area contributed by atoms with Gasteiger partial charge < -0.3 is 9.64 Å². The number of likely N-dealkylation sites (tertiary alicyclic amines) is 1. The molecule has 0 unspecified atom stereocenters. The van der Waals surface area contributed by atoms with Gasteiger partial charge >= 0.3 is 5.97 Å². The molecule has 4 heteroatoms. The SMILES string of the molecule is CCOC(=O)[C@H]1CCCN(C(=O)CC2=CCCCC2)C1. The van der Waals surface area contributed by atoms with Crippen LogP contribution in [0.4, 0.5) is 0 Å². The summed E-state index contributed by atoms with van der Waals surface area (Å²) in [4.78, 5) is 26.0. The fraction of sp³-hybridized carbons (Fsp3) is 0.750. The van der Waals surface area contributed by atoms with Gasteiger partial charge in [-0.15, -0.1) is 0 Å². The van der Waals surface area contributed by atoms with E-state index in [1.165, 1.54) is 18.4 Å². The van der Waals surface area contributed by atoms with E-state index in [1.54, 1.807) is 0 Å². The van der Waals surface area contributed by atoms with Gasteiger partial charge in [-0.3, -0.25) is 9.59 Å². The summed E-state index contributed by atoms with van der Waals surface area (Å²) in [5.41, 5.74) is 1.28. The molecule has 112 valence electrons. The molecule has 1 fully saturated rings. The molecule has 1 aliphatic heterocycles. The second kappa shape index (κ2) is 7.46. The number of amides is 1. The molecule has 0 aromatic heterocycles. The third-order valence-corrected chi connectivity index (χ3v) is 4.16. The zero-order valence-corrected chi connectivity index (χ0v) is 12.4. The quantitative estimate of drug-likeness (QED) is 0.587. The Bertz CT molecular complexity index is 389. The van der Waals surface area contributed by atoms with E-state index in [-0.39, 0.29) is 17.8 Å². The molecular weight excluding hydrogens is 254 g/mol. The molecule has 2 rings (SSSR count). The number of rotatable bonds is 4. The normalized spacial score (nSPS) is 23.1. The summed E-state index contributed by atoms with van der Waals surface area (Å²) in [6.45, 7) is 3.54. The summed E-state index contributed by atoms with van der Waals surface area (Å²) in [6.07, 6.45) is 9.09. The Morgan fingerprint density at radius 3 is 2.90 bits per heavy atom. The summed E-state index contributed by atoms with van der Waals surface area (Å²) in [5.74, 6) is -0.109. The Kier molecular flexibility index (Phi) is 5.62. The van der Waals surface area contributed by atoms with Crippen LogP contribution < -0.4 is 0 Å². The van der Waals surface area contributed by atoms with Gasteiger partial charge in [-0.1, -0.05) is 11.6 Å². The zero-order chi connectivity index (χ0) is 14.4. The summed E-state index contributed by atoms with van der Waals surface area (Å²) < 4.78 is 5.07. The van der Waals surface area contributed by atoms with Crippen LogP contribution in [0.5, 0.6) is 0 Å². The molecule has 0 aromatic rings. The molecule has 1 heterocycles. The van der Waals surface area contributed by atoms with Gasteiger partial charge in [0.05, 0.1) is 12.5 Å². The lowest BCUT2D eigenvalue weighted by Gasteiger charge is -2.32. The minimum absolute atomic E-state index is 0.131. The third-order valence-electron chi connectivity index (χ3n) is 4.16. The number of piperidine rings is 1.